The summed E-state index contributed by atoms with van der Waals surface area (Å²) >= 11 is 0. The molecule has 1 atom stereocenters. The molecule has 122 valence electrons. The second-order valence-electron chi connectivity index (χ2n) is 7.33. The van der Waals surface area contributed by atoms with Gasteiger partial charge < -0.3 is 9.47 Å². The van der Waals surface area contributed by atoms with Gasteiger partial charge in [0.1, 0.15) is 11.6 Å². The van der Waals surface area contributed by atoms with Crippen LogP contribution in [0.1, 0.15) is 41.5 Å². The zero-order chi connectivity index (χ0) is 16.4. The van der Waals surface area contributed by atoms with Gasteiger partial charge in [-0.05, 0) is 41.5 Å². The number of hydrogen-bond donors (Lipinski definition) is 0. The number of amides is 1. The third kappa shape index (κ3) is 4.88. The predicted octanol–water partition coefficient (Wildman–Crippen LogP) is 1.88. The van der Waals surface area contributed by atoms with E-state index in [0.717, 1.165) is 0 Å². The molecule has 0 radical (unpaired) electrons. The first-order chi connectivity index (χ1) is 9.45. The third-order valence-corrected chi connectivity index (χ3v) is 3.43. The highest BCUT2D eigenvalue weighted by Gasteiger charge is 2.40. The Morgan fingerprint density at radius 3 is 2.05 bits per heavy atom. The molecule has 1 aliphatic rings. The Kier molecular flexibility index (Phi) is 5.25. The molecule has 0 spiro atoms. The van der Waals surface area contributed by atoms with Crippen LogP contribution in [0.2, 0.25) is 0 Å². The molecule has 1 fully saturated rings. The van der Waals surface area contributed by atoms with Crippen LogP contribution in [0.4, 0.5) is 4.79 Å². The molecule has 1 rings (SSSR count). The van der Waals surface area contributed by atoms with E-state index in [4.69, 9.17) is 9.47 Å². The maximum atomic E-state index is 12.3. The fourth-order valence-electron chi connectivity index (χ4n) is 2.27. The van der Waals surface area contributed by atoms with E-state index in [2.05, 4.69) is 25.7 Å². The van der Waals surface area contributed by atoms with E-state index in [1.54, 1.807) is 0 Å². The molecule has 1 saturated heterocycles. The highest BCUT2D eigenvalue weighted by Crippen LogP contribution is 2.22. The van der Waals surface area contributed by atoms with Crippen LogP contribution < -0.4 is 0 Å². The Labute approximate surface area is 127 Å². The van der Waals surface area contributed by atoms with Crippen molar-refractivity contribution >= 4 is 12.1 Å². The van der Waals surface area contributed by atoms with Crippen molar-refractivity contribution in [2.45, 2.75) is 58.7 Å². The Morgan fingerprint density at radius 2 is 1.62 bits per heavy atom. The number of hydrogen-bond acceptors (Lipinski definition) is 5. The standard InChI is InChI=1S/C15H28N2O4/c1-14(2,3)16-8-9-17(11(10-16)12(18)20-7)13(19)21-15(4,5)6/h11H,8-10H2,1-7H3/t11-/m1/s1. The number of ether oxygens (including phenoxy) is 2. The summed E-state index contributed by atoms with van der Waals surface area (Å²) in [5, 5.41) is 0. The van der Waals surface area contributed by atoms with Crippen molar-refractivity contribution in [3.05, 3.63) is 0 Å². The average Bonchev–Trinajstić information content (AvgIpc) is 2.34. The van der Waals surface area contributed by atoms with Gasteiger partial charge in [-0.25, -0.2) is 9.59 Å². The number of esters is 1. The quantitative estimate of drug-likeness (QED) is 0.692. The number of piperazine rings is 1. The van der Waals surface area contributed by atoms with Gasteiger partial charge in [0, 0.05) is 25.2 Å². The molecule has 0 aliphatic carbocycles. The molecule has 1 aliphatic heterocycles. The number of rotatable bonds is 1. The monoisotopic (exact) mass is 300 g/mol. The molecule has 0 N–H and O–H groups in total. The molecule has 1 heterocycles. The molecular weight excluding hydrogens is 272 g/mol. The summed E-state index contributed by atoms with van der Waals surface area (Å²) in [5.74, 6) is -0.408. The van der Waals surface area contributed by atoms with Crippen molar-refractivity contribution in [2.75, 3.05) is 26.7 Å². The van der Waals surface area contributed by atoms with E-state index in [1.807, 2.05) is 20.8 Å². The maximum absolute atomic E-state index is 12.3. The summed E-state index contributed by atoms with van der Waals surface area (Å²) in [7, 11) is 1.34. The molecule has 0 aromatic heterocycles. The van der Waals surface area contributed by atoms with Gasteiger partial charge in [-0.15, -0.1) is 0 Å². The van der Waals surface area contributed by atoms with E-state index in [0.29, 0.717) is 19.6 Å². The van der Waals surface area contributed by atoms with Crippen molar-refractivity contribution < 1.29 is 19.1 Å². The average molecular weight is 300 g/mol. The minimum atomic E-state index is -0.627. The van der Waals surface area contributed by atoms with Crippen LogP contribution in [0.3, 0.4) is 0 Å². The Balaban J connectivity index is 2.89. The van der Waals surface area contributed by atoms with Crippen LogP contribution >= 0.6 is 0 Å². The van der Waals surface area contributed by atoms with Gasteiger partial charge in [-0.1, -0.05) is 0 Å². The molecular formula is C15H28N2O4. The Hall–Kier alpha value is -1.30. The summed E-state index contributed by atoms with van der Waals surface area (Å²) in [6, 6.07) is -0.627. The van der Waals surface area contributed by atoms with Gasteiger partial charge in [0.25, 0.3) is 0 Å². The molecule has 0 aromatic carbocycles. The largest absolute Gasteiger partial charge is 0.467 e. The van der Waals surface area contributed by atoms with Crippen molar-refractivity contribution in [3.8, 4) is 0 Å². The van der Waals surface area contributed by atoms with Crippen LogP contribution in [-0.2, 0) is 14.3 Å². The fraction of sp³-hybridized carbons (Fsp3) is 0.867. The lowest BCUT2D eigenvalue weighted by Gasteiger charge is -2.45. The minimum absolute atomic E-state index is 0.0632. The molecule has 1 amide bonds. The van der Waals surface area contributed by atoms with E-state index < -0.39 is 23.7 Å². The highest BCUT2D eigenvalue weighted by molar-refractivity contribution is 5.82. The first-order valence-electron chi connectivity index (χ1n) is 7.28. The smallest absolute Gasteiger partial charge is 0.411 e. The highest BCUT2D eigenvalue weighted by atomic mass is 16.6. The van der Waals surface area contributed by atoms with Gasteiger partial charge in [-0.3, -0.25) is 9.80 Å². The Morgan fingerprint density at radius 1 is 1.05 bits per heavy atom. The second kappa shape index (κ2) is 6.22. The number of carbonyl (C=O) groups excluding carboxylic acids is 2. The van der Waals surface area contributed by atoms with Crippen molar-refractivity contribution in [2.24, 2.45) is 0 Å². The SMILES string of the molecule is COC(=O)[C@H]1CN(C(C)(C)C)CCN1C(=O)OC(C)(C)C. The fourth-order valence-corrected chi connectivity index (χ4v) is 2.27. The van der Waals surface area contributed by atoms with Gasteiger partial charge in [-0.2, -0.15) is 0 Å². The van der Waals surface area contributed by atoms with E-state index >= 15 is 0 Å². The van der Waals surface area contributed by atoms with Crippen molar-refractivity contribution in [3.63, 3.8) is 0 Å². The van der Waals surface area contributed by atoms with Gasteiger partial charge in [0.2, 0.25) is 0 Å². The molecule has 0 aromatic rings. The number of methoxy groups -OCH3 is 1. The van der Waals surface area contributed by atoms with Gasteiger partial charge in [0.05, 0.1) is 7.11 Å². The normalized spacial score (nSPS) is 21.1. The predicted molar refractivity (Wildman–Crippen MR) is 80.1 cm³/mol. The number of nitrogens with zero attached hydrogens (tertiary/aromatic N) is 2. The summed E-state index contributed by atoms with van der Waals surface area (Å²) in [6.45, 7) is 13.3. The summed E-state index contributed by atoms with van der Waals surface area (Å²) in [5.41, 5.74) is -0.648. The Bertz CT molecular complexity index is 395. The van der Waals surface area contributed by atoms with E-state index in [9.17, 15) is 9.59 Å². The second-order valence-corrected chi connectivity index (χ2v) is 7.33. The third-order valence-electron chi connectivity index (χ3n) is 3.43. The van der Waals surface area contributed by atoms with E-state index in [1.165, 1.54) is 12.0 Å². The van der Waals surface area contributed by atoms with Gasteiger partial charge >= 0.3 is 12.1 Å². The lowest BCUT2D eigenvalue weighted by atomic mass is 10.0. The molecule has 6 heteroatoms. The van der Waals surface area contributed by atoms with Crippen LogP contribution in [0.25, 0.3) is 0 Å². The maximum Gasteiger partial charge on any atom is 0.411 e. The number of carbonyl (C=O) groups is 2. The van der Waals surface area contributed by atoms with Gasteiger partial charge in [0.15, 0.2) is 0 Å². The van der Waals surface area contributed by atoms with Crippen molar-refractivity contribution in [1.29, 1.82) is 0 Å². The summed E-state index contributed by atoms with van der Waals surface area (Å²) in [6.07, 6.45) is -0.466. The summed E-state index contributed by atoms with van der Waals surface area (Å²) in [4.78, 5) is 27.9. The van der Waals surface area contributed by atoms with Crippen LogP contribution in [0, 0.1) is 0 Å². The zero-order valence-electron chi connectivity index (χ0n) is 14.2. The minimum Gasteiger partial charge on any atom is -0.467 e. The van der Waals surface area contributed by atoms with Crippen LogP contribution in [0.15, 0.2) is 0 Å². The first kappa shape index (κ1) is 17.8. The molecule has 0 saturated carbocycles. The molecule has 0 unspecified atom stereocenters. The van der Waals surface area contributed by atoms with Crippen LogP contribution in [0.5, 0.6) is 0 Å². The topological polar surface area (TPSA) is 59.1 Å². The summed E-state index contributed by atoms with van der Waals surface area (Å²) < 4.78 is 10.2. The molecule has 6 nitrogen and oxygen atoms in total. The lowest BCUT2D eigenvalue weighted by molar-refractivity contribution is -0.150. The first-order valence-corrected chi connectivity index (χ1v) is 7.28. The lowest BCUT2D eigenvalue weighted by Crippen LogP contribution is -2.62. The zero-order valence-corrected chi connectivity index (χ0v) is 14.2. The van der Waals surface area contributed by atoms with Crippen molar-refractivity contribution in [1.82, 2.24) is 9.80 Å². The molecule has 0 bridgehead atoms. The van der Waals surface area contributed by atoms with E-state index in [-0.39, 0.29) is 5.54 Å². The van der Waals surface area contributed by atoms with Crippen LogP contribution in [-0.4, -0.2) is 65.8 Å². The molecule has 21 heavy (non-hydrogen) atoms.